The number of rotatable bonds is 8. The van der Waals surface area contributed by atoms with E-state index in [4.69, 9.17) is 15.2 Å². The first-order valence-corrected chi connectivity index (χ1v) is 11.1. The molecule has 0 unspecified atom stereocenters. The zero-order valence-electron chi connectivity index (χ0n) is 19.7. The maximum Gasteiger partial charge on any atom is 0.260 e. The van der Waals surface area contributed by atoms with E-state index < -0.39 is 0 Å². The smallest absolute Gasteiger partial charge is 0.260 e. The van der Waals surface area contributed by atoms with Crippen LogP contribution in [0.4, 0.5) is 17.2 Å². The standard InChI is InChI=1S/C23H30N8O3/c1-15-13-31-14-19(29-23(34-3)21(31)27-15)28-22(32)16-4-5-18(30-9-6-25-7-10-30)17(20(16)24)12-26-8-11-33-2/h4-5,12-14,25H,6-11,24H2,1-3H3,(H,28,32). The number of nitrogens with zero attached hydrogens (tertiary/aromatic N) is 5. The van der Waals surface area contributed by atoms with Crippen LogP contribution >= 0.6 is 0 Å². The number of carbonyl (C=O) groups is 1. The number of hydrogen-bond donors (Lipinski definition) is 3. The fourth-order valence-electron chi connectivity index (χ4n) is 3.91. The average Bonchev–Trinajstić information content (AvgIpc) is 3.22. The van der Waals surface area contributed by atoms with Crippen LogP contribution in [0, 0.1) is 6.92 Å². The number of nitrogen functional groups attached to an aromatic ring is 1. The molecule has 11 nitrogen and oxygen atoms in total. The van der Waals surface area contributed by atoms with E-state index in [0.717, 1.165) is 43.1 Å². The van der Waals surface area contributed by atoms with Crippen molar-refractivity contribution in [3.63, 3.8) is 0 Å². The zero-order valence-corrected chi connectivity index (χ0v) is 19.7. The predicted molar refractivity (Wildman–Crippen MR) is 133 cm³/mol. The summed E-state index contributed by atoms with van der Waals surface area (Å²) >= 11 is 0. The molecule has 1 aliphatic rings. The summed E-state index contributed by atoms with van der Waals surface area (Å²) in [6.07, 6.45) is 5.25. The molecule has 4 rings (SSSR count). The van der Waals surface area contributed by atoms with Crippen LogP contribution in [0.3, 0.4) is 0 Å². The molecule has 1 aromatic carbocycles. The Morgan fingerprint density at radius 2 is 2.06 bits per heavy atom. The summed E-state index contributed by atoms with van der Waals surface area (Å²) < 4.78 is 12.2. The van der Waals surface area contributed by atoms with E-state index in [1.165, 1.54) is 7.11 Å². The molecular formula is C23H30N8O3. The summed E-state index contributed by atoms with van der Waals surface area (Å²) in [5, 5.41) is 6.18. The van der Waals surface area contributed by atoms with Gasteiger partial charge in [-0.25, -0.2) is 4.98 Å². The number of fused-ring (bicyclic) bond motifs is 1. The monoisotopic (exact) mass is 466 g/mol. The van der Waals surface area contributed by atoms with Gasteiger partial charge in [-0.2, -0.15) is 4.98 Å². The lowest BCUT2D eigenvalue weighted by atomic mass is 10.0. The number of aromatic nitrogens is 3. The number of piperazine rings is 1. The minimum Gasteiger partial charge on any atom is -0.478 e. The SMILES string of the molecule is COCCN=Cc1c(N2CCNCC2)ccc(C(=O)Nc2cn3cc(C)nc3c(OC)n2)c1N. The van der Waals surface area contributed by atoms with Gasteiger partial charge in [-0.15, -0.1) is 0 Å². The summed E-state index contributed by atoms with van der Waals surface area (Å²) in [5.41, 5.74) is 10.3. The summed E-state index contributed by atoms with van der Waals surface area (Å²) in [7, 11) is 3.15. The van der Waals surface area contributed by atoms with Crippen molar-refractivity contribution in [2.75, 3.05) is 69.5 Å². The van der Waals surface area contributed by atoms with Crippen molar-refractivity contribution in [3.8, 4) is 5.88 Å². The van der Waals surface area contributed by atoms with Crippen LogP contribution in [-0.2, 0) is 4.74 Å². The molecule has 1 amide bonds. The van der Waals surface area contributed by atoms with E-state index in [1.54, 1.807) is 30.0 Å². The maximum atomic E-state index is 13.2. The Morgan fingerprint density at radius 1 is 1.26 bits per heavy atom. The largest absolute Gasteiger partial charge is 0.478 e. The van der Waals surface area contributed by atoms with Crippen molar-refractivity contribution >= 4 is 35.0 Å². The van der Waals surface area contributed by atoms with E-state index in [0.29, 0.717) is 41.7 Å². The molecule has 0 bridgehead atoms. The Hall–Kier alpha value is -3.70. The van der Waals surface area contributed by atoms with Gasteiger partial charge in [-0.05, 0) is 19.1 Å². The van der Waals surface area contributed by atoms with E-state index in [9.17, 15) is 4.79 Å². The molecule has 0 spiro atoms. The van der Waals surface area contributed by atoms with Crippen LogP contribution in [0.25, 0.3) is 5.65 Å². The maximum absolute atomic E-state index is 13.2. The summed E-state index contributed by atoms with van der Waals surface area (Å²) in [6.45, 7) is 6.33. The first-order chi connectivity index (χ1) is 16.5. The molecule has 1 saturated heterocycles. The number of hydrogen-bond acceptors (Lipinski definition) is 9. The summed E-state index contributed by atoms with van der Waals surface area (Å²) in [5.74, 6) is 0.271. The number of imidazole rings is 1. The number of carbonyl (C=O) groups excluding carboxylic acids is 1. The fourth-order valence-corrected chi connectivity index (χ4v) is 3.91. The number of aliphatic imine (C=N–C) groups is 1. The fraction of sp³-hybridized carbons (Fsp3) is 0.391. The quantitative estimate of drug-likeness (QED) is 0.258. The van der Waals surface area contributed by atoms with E-state index in [1.807, 2.05) is 19.2 Å². The second kappa shape index (κ2) is 10.5. The third kappa shape index (κ3) is 4.95. The minimum atomic E-state index is -0.373. The van der Waals surface area contributed by atoms with Crippen molar-refractivity contribution in [2.45, 2.75) is 6.92 Å². The molecular weight excluding hydrogens is 436 g/mol. The van der Waals surface area contributed by atoms with Crippen LogP contribution in [0.1, 0.15) is 21.6 Å². The number of methoxy groups -OCH3 is 2. The molecule has 4 N–H and O–H groups in total. The topological polar surface area (TPSA) is 131 Å². The highest BCUT2D eigenvalue weighted by molar-refractivity contribution is 6.11. The molecule has 0 atom stereocenters. The van der Waals surface area contributed by atoms with Crippen molar-refractivity contribution < 1.29 is 14.3 Å². The predicted octanol–water partition coefficient (Wildman–Crippen LogP) is 1.36. The van der Waals surface area contributed by atoms with Gasteiger partial charge in [0, 0.05) is 57.0 Å². The van der Waals surface area contributed by atoms with Gasteiger partial charge in [-0.3, -0.25) is 14.2 Å². The molecule has 180 valence electrons. The lowest BCUT2D eigenvalue weighted by molar-refractivity contribution is 0.102. The second-order valence-electron chi connectivity index (χ2n) is 7.93. The highest BCUT2D eigenvalue weighted by Gasteiger charge is 2.21. The van der Waals surface area contributed by atoms with Crippen LogP contribution in [0.15, 0.2) is 29.5 Å². The Morgan fingerprint density at radius 3 is 2.79 bits per heavy atom. The van der Waals surface area contributed by atoms with Gasteiger partial charge >= 0.3 is 0 Å². The Kier molecular flexibility index (Phi) is 7.24. The highest BCUT2D eigenvalue weighted by atomic mass is 16.5. The Bertz CT molecular complexity index is 1200. The van der Waals surface area contributed by atoms with Gasteiger partial charge in [-0.1, -0.05) is 0 Å². The molecule has 11 heteroatoms. The molecule has 0 aliphatic carbocycles. The highest BCUT2D eigenvalue weighted by Crippen LogP contribution is 2.29. The molecule has 34 heavy (non-hydrogen) atoms. The van der Waals surface area contributed by atoms with E-state index >= 15 is 0 Å². The van der Waals surface area contributed by atoms with Crippen molar-refractivity contribution in [1.29, 1.82) is 0 Å². The number of aryl methyl sites for hydroxylation is 1. The van der Waals surface area contributed by atoms with Gasteiger partial charge in [0.1, 0.15) is 0 Å². The van der Waals surface area contributed by atoms with Crippen molar-refractivity contribution in [1.82, 2.24) is 19.7 Å². The lowest BCUT2D eigenvalue weighted by Crippen LogP contribution is -2.44. The average molecular weight is 467 g/mol. The normalized spacial score (nSPS) is 14.1. The Balaban J connectivity index is 1.66. The Labute approximate surface area is 198 Å². The summed E-state index contributed by atoms with van der Waals surface area (Å²) in [6, 6.07) is 3.66. The molecule has 3 heterocycles. The molecule has 0 saturated carbocycles. The lowest BCUT2D eigenvalue weighted by Gasteiger charge is -2.31. The van der Waals surface area contributed by atoms with E-state index in [2.05, 4.69) is 30.5 Å². The number of nitrogens with two attached hydrogens (primary N) is 1. The van der Waals surface area contributed by atoms with Crippen molar-refractivity contribution in [2.24, 2.45) is 4.99 Å². The van der Waals surface area contributed by atoms with Crippen LogP contribution in [0.2, 0.25) is 0 Å². The second-order valence-corrected chi connectivity index (χ2v) is 7.93. The number of benzene rings is 1. The molecule has 0 radical (unpaired) electrons. The molecule has 1 fully saturated rings. The number of anilines is 3. The van der Waals surface area contributed by atoms with E-state index in [-0.39, 0.29) is 5.91 Å². The van der Waals surface area contributed by atoms with Crippen molar-refractivity contribution in [3.05, 3.63) is 41.3 Å². The number of amides is 1. The van der Waals surface area contributed by atoms with Gasteiger partial charge in [0.2, 0.25) is 5.65 Å². The molecule has 3 aromatic rings. The zero-order chi connectivity index (χ0) is 24.1. The van der Waals surface area contributed by atoms with Gasteiger partial charge in [0.15, 0.2) is 5.82 Å². The molecule has 1 aliphatic heterocycles. The van der Waals surface area contributed by atoms with Crippen LogP contribution in [0.5, 0.6) is 5.88 Å². The number of ether oxygens (including phenoxy) is 2. The first-order valence-electron chi connectivity index (χ1n) is 11.1. The minimum absolute atomic E-state index is 0.318. The first kappa shape index (κ1) is 23.5. The van der Waals surface area contributed by atoms with Gasteiger partial charge < -0.3 is 30.7 Å². The third-order valence-electron chi connectivity index (χ3n) is 5.57. The van der Waals surface area contributed by atoms with Crippen LogP contribution < -0.4 is 26.0 Å². The van der Waals surface area contributed by atoms with Crippen LogP contribution in [-0.4, -0.2) is 80.0 Å². The number of nitrogens with one attached hydrogen (secondary N) is 2. The van der Waals surface area contributed by atoms with Gasteiger partial charge in [0.25, 0.3) is 11.8 Å². The third-order valence-corrected chi connectivity index (χ3v) is 5.57. The molecule has 2 aromatic heterocycles. The summed E-state index contributed by atoms with van der Waals surface area (Å²) in [4.78, 5) is 28.7. The van der Waals surface area contributed by atoms with Gasteiger partial charge in [0.05, 0.1) is 43.4 Å².